The number of nitrogens with one attached hydrogen (secondary N) is 1. The standard InChI is InChI=1S/C19H27FN2O2.ClH/c20-16-6-4-15(5-7-16)19(8-10-24-11-9-19)13-22-18(23)14-2-1-3-17(21)12-14;/h4-7,14,17H,1-3,8-13,21H2,(H,22,23);1H. The van der Waals surface area contributed by atoms with Gasteiger partial charge in [-0.15, -0.1) is 12.4 Å². The van der Waals surface area contributed by atoms with Crippen molar-refractivity contribution in [2.45, 2.75) is 50.0 Å². The van der Waals surface area contributed by atoms with Gasteiger partial charge in [0.25, 0.3) is 0 Å². The van der Waals surface area contributed by atoms with Gasteiger partial charge in [0, 0.05) is 37.1 Å². The molecule has 2 atom stereocenters. The van der Waals surface area contributed by atoms with Crippen LogP contribution in [0.4, 0.5) is 4.39 Å². The lowest BCUT2D eigenvalue weighted by molar-refractivity contribution is -0.126. The van der Waals surface area contributed by atoms with E-state index in [0.717, 1.165) is 44.1 Å². The summed E-state index contributed by atoms with van der Waals surface area (Å²) in [6, 6.07) is 6.80. The molecule has 1 saturated carbocycles. The van der Waals surface area contributed by atoms with E-state index in [9.17, 15) is 9.18 Å². The Hall–Kier alpha value is -1.17. The zero-order valence-corrected chi connectivity index (χ0v) is 15.3. The van der Waals surface area contributed by atoms with Crippen LogP contribution in [0.15, 0.2) is 24.3 Å². The van der Waals surface area contributed by atoms with E-state index in [1.54, 1.807) is 0 Å². The molecule has 6 heteroatoms. The summed E-state index contributed by atoms with van der Waals surface area (Å²) in [7, 11) is 0. The Kier molecular flexibility index (Phi) is 7.23. The van der Waals surface area contributed by atoms with Crippen LogP contribution in [0.2, 0.25) is 0 Å². The molecule has 140 valence electrons. The first-order valence-corrected chi connectivity index (χ1v) is 8.96. The second-order valence-corrected chi connectivity index (χ2v) is 7.24. The van der Waals surface area contributed by atoms with E-state index < -0.39 is 0 Å². The predicted octanol–water partition coefficient (Wildman–Crippen LogP) is 2.93. The van der Waals surface area contributed by atoms with Gasteiger partial charge >= 0.3 is 0 Å². The minimum Gasteiger partial charge on any atom is -0.381 e. The van der Waals surface area contributed by atoms with Crippen LogP contribution in [0.1, 0.15) is 44.1 Å². The molecular weight excluding hydrogens is 343 g/mol. The van der Waals surface area contributed by atoms with Crippen molar-refractivity contribution in [1.29, 1.82) is 0 Å². The van der Waals surface area contributed by atoms with Gasteiger partial charge in [0.1, 0.15) is 5.82 Å². The van der Waals surface area contributed by atoms with Crippen molar-refractivity contribution in [2.24, 2.45) is 11.7 Å². The van der Waals surface area contributed by atoms with Gasteiger partial charge in [-0.2, -0.15) is 0 Å². The van der Waals surface area contributed by atoms with Crippen LogP contribution in [-0.2, 0) is 14.9 Å². The van der Waals surface area contributed by atoms with E-state index in [1.165, 1.54) is 12.1 Å². The van der Waals surface area contributed by atoms with E-state index in [4.69, 9.17) is 10.5 Å². The number of carbonyl (C=O) groups excluding carboxylic acids is 1. The minimum absolute atomic E-state index is 0. The molecule has 2 fully saturated rings. The SMILES string of the molecule is Cl.NC1CCCC(C(=O)NCC2(c3ccc(F)cc3)CCOCC2)C1. The molecular formula is C19H28ClFN2O2. The molecule has 0 aromatic heterocycles. The largest absolute Gasteiger partial charge is 0.381 e. The topological polar surface area (TPSA) is 64.4 Å². The van der Waals surface area contributed by atoms with Crippen molar-refractivity contribution in [1.82, 2.24) is 5.32 Å². The zero-order chi connectivity index (χ0) is 17.0. The van der Waals surface area contributed by atoms with E-state index >= 15 is 0 Å². The fourth-order valence-electron chi connectivity index (χ4n) is 4.00. The Morgan fingerprint density at radius 2 is 1.92 bits per heavy atom. The molecule has 3 N–H and O–H groups in total. The van der Waals surface area contributed by atoms with Crippen molar-refractivity contribution in [3.05, 3.63) is 35.6 Å². The third-order valence-corrected chi connectivity index (χ3v) is 5.59. The van der Waals surface area contributed by atoms with Crippen LogP contribution in [0.3, 0.4) is 0 Å². The summed E-state index contributed by atoms with van der Waals surface area (Å²) in [5, 5.41) is 3.15. The molecule has 2 unspecified atom stereocenters. The number of amides is 1. The average molecular weight is 371 g/mol. The van der Waals surface area contributed by atoms with Crippen LogP contribution in [0.5, 0.6) is 0 Å². The highest BCUT2D eigenvalue weighted by Crippen LogP contribution is 2.34. The normalized spacial score (nSPS) is 25.7. The number of hydrogen-bond acceptors (Lipinski definition) is 3. The number of rotatable bonds is 4. The molecule has 0 bridgehead atoms. The van der Waals surface area contributed by atoms with Gasteiger partial charge in [-0.05, 0) is 49.8 Å². The van der Waals surface area contributed by atoms with E-state index in [2.05, 4.69) is 5.32 Å². The van der Waals surface area contributed by atoms with Crippen LogP contribution >= 0.6 is 12.4 Å². The molecule has 1 aliphatic carbocycles. The Morgan fingerprint density at radius 3 is 2.56 bits per heavy atom. The lowest BCUT2D eigenvalue weighted by Crippen LogP contribution is -2.47. The fourth-order valence-corrected chi connectivity index (χ4v) is 4.00. The van der Waals surface area contributed by atoms with Crippen LogP contribution in [-0.4, -0.2) is 31.7 Å². The molecule has 1 saturated heterocycles. The first-order chi connectivity index (χ1) is 11.6. The van der Waals surface area contributed by atoms with E-state index in [0.29, 0.717) is 19.8 Å². The molecule has 3 rings (SSSR count). The van der Waals surface area contributed by atoms with Crippen LogP contribution in [0, 0.1) is 11.7 Å². The molecule has 1 amide bonds. The zero-order valence-electron chi connectivity index (χ0n) is 14.5. The third kappa shape index (κ3) is 4.93. The van der Waals surface area contributed by atoms with Gasteiger partial charge in [-0.3, -0.25) is 4.79 Å². The third-order valence-electron chi connectivity index (χ3n) is 5.59. The van der Waals surface area contributed by atoms with Gasteiger partial charge < -0.3 is 15.8 Å². The minimum atomic E-state index is -0.235. The number of nitrogens with two attached hydrogens (primary N) is 1. The lowest BCUT2D eigenvalue weighted by Gasteiger charge is -2.38. The van der Waals surface area contributed by atoms with Gasteiger partial charge in [0.15, 0.2) is 0 Å². The first-order valence-electron chi connectivity index (χ1n) is 8.96. The molecule has 2 aliphatic rings. The second-order valence-electron chi connectivity index (χ2n) is 7.24. The monoisotopic (exact) mass is 370 g/mol. The predicted molar refractivity (Wildman–Crippen MR) is 98.3 cm³/mol. The highest BCUT2D eigenvalue weighted by Gasteiger charge is 2.36. The van der Waals surface area contributed by atoms with Crippen LogP contribution < -0.4 is 11.1 Å². The fraction of sp³-hybridized carbons (Fsp3) is 0.632. The number of ether oxygens (including phenoxy) is 1. The number of halogens is 2. The summed E-state index contributed by atoms with van der Waals surface area (Å²) in [5.41, 5.74) is 6.91. The molecule has 1 aromatic rings. The van der Waals surface area contributed by atoms with E-state index in [1.807, 2.05) is 12.1 Å². The summed E-state index contributed by atoms with van der Waals surface area (Å²) < 4.78 is 18.8. The number of hydrogen-bond donors (Lipinski definition) is 2. The summed E-state index contributed by atoms with van der Waals surface area (Å²) in [6.45, 7) is 1.91. The van der Waals surface area contributed by atoms with Crippen molar-refractivity contribution in [2.75, 3.05) is 19.8 Å². The molecule has 1 heterocycles. The van der Waals surface area contributed by atoms with Crippen molar-refractivity contribution in [3.8, 4) is 0 Å². The van der Waals surface area contributed by atoms with Crippen molar-refractivity contribution < 1.29 is 13.9 Å². The maximum atomic E-state index is 13.3. The first kappa shape index (κ1) is 20.1. The van der Waals surface area contributed by atoms with Crippen molar-refractivity contribution in [3.63, 3.8) is 0 Å². The maximum Gasteiger partial charge on any atom is 0.223 e. The van der Waals surface area contributed by atoms with Crippen molar-refractivity contribution >= 4 is 18.3 Å². The summed E-state index contributed by atoms with van der Waals surface area (Å²) in [4.78, 5) is 12.6. The highest BCUT2D eigenvalue weighted by atomic mass is 35.5. The molecule has 1 aliphatic heterocycles. The maximum absolute atomic E-state index is 13.3. The molecule has 25 heavy (non-hydrogen) atoms. The van der Waals surface area contributed by atoms with Gasteiger partial charge in [-0.25, -0.2) is 4.39 Å². The summed E-state index contributed by atoms with van der Waals surface area (Å²) in [6.07, 6.45) is 5.41. The summed E-state index contributed by atoms with van der Waals surface area (Å²) >= 11 is 0. The number of benzene rings is 1. The average Bonchev–Trinajstić information content (AvgIpc) is 2.61. The number of carbonyl (C=O) groups is 1. The Labute approximate surface area is 155 Å². The molecule has 0 radical (unpaired) electrons. The highest BCUT2D eigenvalue weighted by molar-refractivity contribution is 5.85. The smallest absolute Gasteiger partial charge is 0.223 e. The summed E-state index contributed by atoms with van der Waals surface area (Å²) in [5.74, 6) is -0.0989. The second kappa shape index (κ2) is 8.97. The quantitative estimate of drug-likeness (QED) is 0.856. The Morgan fingerprint density at radius 1 is 1.24 bits per heavy atom. The van der Waals surface area contributed by atoms with Gasteiger partial charge in [0.05, 0.1) is 0 Å². The molecule has 4 nitrogen and oxygen atoms in total. The lowest BCUT2D eigenvalue weighted by atomic mass is 9.74. The molecule has 0 spiro atoms. The molecule has 1 aromatic carbocycles. The Bertz CT molecular complexity index is 561. The Balaban J connectivity index is 0.00000225. The van der Waals surface area contributed by atoms with Gasteiger partial charge in [-0.1, -0.05) is 18.6 Å². The van der Waals surface area contributed by atoms with Crippen LogP contribution in [0.25, 0.3) is 0 Å². The van der Waals surface area contributed by atoms with Gasteiger partial charge in [0.2, 0.25) is 5.91 Å². The van der Waals surface area contributed by atoms with E-state index in [-0.39, 0.29) is 41.5 Å².